The molecule has 0 bridgehead atoms. The van der Waals surface area contributed by atoms with Gasteiger partial charge in [0.25, 0.3) is 0 Å². The number of amides is 2. The summed E-state index contributed by atoms with van der Waals surface area (Å²) in [6.45, 7) is 4.56. The number of piperidine rings is 1. The third kappa shape index (κ3) is 4.30. The molecule has 2 amide bonds. The van der Waals surface area contributed by atoms with Crippen molar-refractivity contribution in [3.05, 3.63) is 23.4 Å². The number of anilines is 1. The molecule has 0 saturated carbocycles. The van der Waals surface area contributed by atoms with E-state index in [1.807, 2.05) is 18.7 Å². The molecule has 1 aromatic rings. The van der Waals surface area contributed by atoms with Crippen LogP contribution in [0.15, 0.2) is 17.7 Å². The fourth-order valence-corrected chi connectivity index (χ4v) is 3.69. The number of nitrogens with zero attached hydrogens (tertiary/aromatic N) is 3. The van der Waals surface area contributed by atoms with Crippen LogP contribution in [0.25, 0.3) is 0 Å². The first-order valence-corrected chi connectivity index (χ1v) is 9.09. The number of urea groups is 1. The number of nitrogens with one attached hydrogen (secondary N) is 2. The second-order valence-electron chi connectivity index (χ2n) is 6.99. The first-order chi connectivity index (χ1) is 11.6. The molecular formula is C18H29N5O. The molecule has 1 aromatic heterocycles. The molecule has 2 heterocycles. The van der Waals surface area contributed by atoms with Crippen LogP contribution in [0.3, 0.4) is 0 Å². The maximum absolute atomic E-state index is 12.2. The average molecular weight is 331 g/mol. The van der Waals surface area contributed by atoms with E-state index < -0.39 is 0 Å². The van der Waals surface area contributed by atoms with Crippen molar-refractivity contribution in [3.8, 4) is 0 Å². The molecule has 1 unspecified atom stereocenters. The molecule has 0 spiro atoms. The second kappa shape index (κ2) is 7.73. The molecule has 2 N–H and O–H groups in total. The van der Waals surface area contributed by atoms with Crippen LogP contribution < -0.4 is 15.5 Å². The zero-order valence-corrected chi connectivity index (χ0v) is 14.8. The van der Waals surface area contributed by atoms with E-state index in [-0.39, 0.29) is 12.1 Å². The first kappa shape index (κ1) is 16.9. The van der Waals surface area contributed by atoms with Crippen LogP contribution in [-0.4, -0.2) is 41.5 Å². The molecule has 0 aromatic carbocycles. The highest BCUT2D eigenvalue weighted by molar-refractivity contribution is 5.74. The standard InChI is InChI=1S/C18H29N5O/c1-14-11-17(22(2)21-14)23-10-6-9-16(13-23)20-18(24)19-12-15-7-4-3-5-8-15/h7,11,16H,3-6,8-10,12-13H2,1-2H3,(H2,19,20,24). The lowest BCUT2D eigenvalue weighted by Gasteiger charge is -2.34. The minimum Gasteiger partial charge on any atom is -0.355 e. The third-order valence-electron chi connectivity index (χ3n) is 4.92. The maximum atomic E-state index is 12.2. The van der Waals surface area contributed by atoms with Crippen LogP contribution in [-0.2, 0) is 7.05 Å². The van der Waals surface area contributed by atoms with E-state index in [9.17, 15) is 4.79 Å². The number of rotatable bonds is 4. The number of aromatic nitrogens is 2. The summed E-state index contributed by atoms with van der Waals surface area (Å²) in [4.78, 5) is 14.5. The zero-order chi connectivity index (χ0) is 16.9. The van der Waals surface area contributed by atoms with Crippen LogP contribution in [0.2, 0.25) is 0 Å². The summed E-state index contributed by atoms with van der Waals surface area (Å²) < 4.78 is 1.92. The highest BCUT2D eigenvalue weighted by Gasteiger charge is 2.23. The molecule has 1 atom stereocenters. The summed E-state index contributed by atoms with van der Waals surface area (Å²) in [6.07, 6.45) is 9.19. The summed E-state index contributed by atoms with van der Waals surface area (Å²) in [5, 5.41) is 10.6. The van der Waals surface area contributed by atoms with Crippen molar-refractivity contribution < 1.29 is 4.79 Å². The molecule has 3 rings (SSSR count). The van der Waals surface area contributed by atoms with E-state index in [0.717, 1.165) is 50.3 Å². The van der Waals surface area contributed by atoms with Gasteiger partial charge in [0.15, 0.2) is 0 Å². The van der Waals surface area contributed by atoms with Gasteiger partial charge in [-0.25, -0.2) is 4.79 Å². The third-order valence-corrected chi connectivity index (χ3v) is 4.92. The minimum absolute atomic E-state index is 0.0467. The summed E-state index contributed by atoms with van der Waals surface area (Å²) in [7, 11) is 1.98. The summed E-state index contributed by atoms with van der Waals surface area (Å²) in [6, 6.07) is 2.25. The zero-order valence-electron chi connectivity index (χ0n) is 14.8. The Morgan fingerprint density at radius 2 is 2.25 bits per heavy atom. The maximum Gasteiger partial charge on any atom is 0.315 e. The van der Waals surface area contributed by atoms with Gasteiger partial charge in [0, 0.05) is 38.8 Å². The van der Waals surface area contributed by atoms with Gasteiger partial charge in [0.2, 0.25) is 0 Å². The lowest BCUT2D eigenvalue weighted by atomic mass is 10.00. The summed E-state index contributed by atoms with van der Waals surface area (Å²) >= 11 is 0. The molecule has 1 saturated heterocycles. The lowest BCUT2D eigenvalue weighted by molar-refractivity contribution is 0.235. The van der Waals surface area contributed by atoms with Crippen LogP contribution in [0.5, 0.6) is 0 Å². The molecule has 24 heavy (non-hydrogen) atoms. The SMILES string of the molecule is Cc1cc(N2CCCC(NC(=O)NCC3=CCCCC3)C2)n(C)n1. The van der Waals surface area contributed by atoms with Gasteiger partial charge in [-0.05, 0) is 45.4 Å². The largest absolute Gasteiger partial charge is 0.355 e. The predicted molar refractivity (Wildman–Crippen MR) is 96.3 cm³/mol. The number of allylic oxidation sites excluding steroid dienone is 1. The minimum atomic E-state index is -0.0467. The Kier molecular flexibility index (Phi) is 5.43. The molecule has 132 valence electrons. The molecule has 6 nitrogen and oxygen atoms in total. The van der Waals surface area contributed by atoms with Crippen molar-refractivity contribution in [1.29, 1.82) is 0 Å². The van der Waals surface area contributed by atoms with Gasteiger partial charge in [-0.3, -0.25) is 4.68 Å². The van der Waals surface area contributed by atoms with Crippen LogP contribution in [0, 0.1) is 6.92 Å². The van der Waals surface area contributed by atoms with E-state index in [0.29, 0.717) is 6.54 Å². The van der Waals surface area contributed by atoms with E-state index in [1.165, 1.54) is 18.4 Å². The number of aryl methyl sites for hydroxylation is 2. The van der Waals surface area contributed by atoms with E-state index >= 15 is 0 Å². The molecule has 1 aliphatic heterocycles. The normalized spacial score (nSPS) is 21.3. The van der Waals surface area contributed by atoms with Crippen molar-refractivity contribution in [3.63, 3.8) is 0 Å². The predicted octanol–water partition coefficient (Wildman–Crippen LogP) is 2.50. The van der Waals surface area contributed by atoms with Gasteiger partial charge in [-0.1, -0.05) is 11.6 Å². The fraction of sp³-hybridized carbons (Fsp3) is 0.667. The molecule has 6 heteroatoms. The summed E-state index contributed by atoms with van der Waals surface area (Å²) in [5.74, 6) is 1.13. The highest BCUT2D eigenvalue weighted by Crippen LogP contribution is 2.20. The van der Waals surface area contributed by atoms with Crippen LogP contribution in [0.1, 0.15) is 44.2 Å². The Balaban J connectivity index is 1.48. The summed E-state index contributed by atoms with van der Waals surface area (Å²) in [5.41, 5.74) is 2.40. The number of hydrogen-bond donors (Lipinski definition) is 2. The number of carbonyl (C=O) groups is 1. The molecular weight excluding hydrogens is 302 g/mol. The molecule has 2 aliphatic rings. The van der Waals surface area contributed by atoms with Crippen molar-refractivity contribution in [1.82, 2.24) is 20.4 Å². The lowest BCUT2D eigenvalue weighted by Crippen LogP contribution is -2.51. The van der Waals surface area contributed by atoms with Gasteiger partial charge >= 0.3 is 6.03 Å². The highest BCUT2D eigenvalue weighted by atomic mass is 16.2. The monoisotopic (exact) mass is 331 g/mol. The Labute approximate surface area is 144 Å². The van der Waals surface area contributed by atoms with Crippen LogP contribution in [0.4, 0.5) is 10.6 Å². The van der Waals surface area contributed by atoms with Gasteiger partial charge in [0.1, 0.15) is 5.82 Å². The van der Waals surface area contributed by atoms with Crippen molar-refractivity contribution in [2.75, 3.05) is 24.5 Å². The molecule has 0 radical (unpaired) electrons. The number of carbonyl (C=O) groups excluding carboxylic acids is 1. The Hall–Kier alpha value is -1.98. The van der Waals surface area contributed by atoms with E-state index in [1.54, 1.807) is 0 Å². The fourth-order valence-electron chi connectivity index (χ4n) is 3.69. The second-order valence-corrected chi connectivity index (χ2v) is 6.99. The average Bonchev–Trinajstić information content (AvgIpc) is 2.93. The van der Waals surface area contributed by atoms with Crippen molar-refractivity contribution in [2.24, 2.45) is 7.05 Å². The van der Waals surface area contributed by atoms with E-state index in [4.69, 9.17) is 0 Å². The Bertz CT molecular complexity index is 607. The van der Waals surface area contributed by atoms with Crippen LogP contribution >= 0.6 is 0 Å². The van der Waals surface area contributed by atoms with Gasteiger partial charge in [-0.15, -0.1) is 0 Å². The van der Waals surface area contributed by atoms with E-state index in [2.05, 4.69) is 32.8 Å². The van der Waals surface area contributed by atoms with Crippen molar-refractivity contribution >= 4 is 11.8 Å². The van der Waals surface area contributed by atoms with Crippen molar-refractivity contribution in [2.45, 2.75) is 51.5 Å². The Morgan fingerprint density at radius 3 is 2.96 bits per heavy atom. The molecule has 1 fully saturated rings. The molecule has 1 aliphatic carbocycles. The quantitative estimate of drug-likeness (QED) is 0.833. The Morgan fingerprint density at radius 1 is 1.38 bits per heavy atom. The number of hydrogen-bond acceptors (Lipinski definition) is 3. The first-order valence-electron chi connectivity index (χ1n) is 9.09. The van der Waals surface area contributed by atoms with Gasteiger partial charge in [0.05, 0.1) is 5.69 Å². The smallest absolute Gasteiger partial charge is 0.315 e. The topological polar surface area (TPSA) is 62.2 Å². The van der Waals surface area contributed by atoms with Gasteiger partial charge in [-0.2, -0.15) is 5.10 Å². The van der Waals surface area contributed by atoms with Gasteiger partial charge < -0.3 is 15.5 Å².